The first-order valence-electron chi connectivity index (χ1n) is 12.3. The summed E-state index contributed by atoms with van der Waals surface area (Å²) in [5, 5.41) is 14.9. The van der Waals surface area contributed by atoms with Crippen LogP contribution in [0.1, 0.15) is 41.9 Å². The maximum Gasteiger partial charge on any atom is 0.338 e. The van der Waals surface area contributed by atoms with E-state index >= 15 is 8.78 Å². The van der Waals surface area contributed by atoms with Gasteiger partial charge in [-0.2, -0.15) is 0 Å². The normalized spacial score (nSPS) is 26.6. The molecule has 5 rings (SSSR count). The van der Waals surface area contributed by atoms with Crippen LogP contribution in [0.3, 0.4) is 0 Å². The molecule has 0 bridgehead atoms. The first-order valence-corrected chi connectivity index (χ1v) is 13.2. The molecule has 1 aromatic heterocycles. The van der Waals surface area contributed by atoms with E-state index in [1.807, 2.05) is 0 Å². The summed E-state index contributed by atoms with van der Waals surface area (Å²) >= 11 is 1.30. The fraction of sp³-hybridized carbons (Fsp3) is 0.462. The highest BCUT2D eigenvalue weighted by Crippen LogP contribution is 2.49. The number of aliphatic carboxylic acids is 1. The molecule has 2 N–H and O–H groups in total. The number of nitrogens with zero attached hydrogens (tertiary/aromatic N) is 3. The molecule has 3 heterocycles. The lowest BCUT2D eigenvalue weighted by molar-refractivity contribution is -0.142. The van der Waals surface area contributed by atoms with Crippen LogP contribution in [0.25, 0.3) is 0 Å². The number of hydrogen-bond donors (Lipinski definition) is 2. The van der Waals surface area contributed by atoms with Crippen LogP contribution < -0.4 is 5.32 Å². The van der Waals surface area contributed by atoms with Crippen molar-refractivity contribution in [2.24, 2.45) is 16.8 Å². The Bertz CT molecular complexity index is 1310. The molecule has 0 amide bonds. The van der Waals surface area contributed by atoms with Crippen LogP contribution in [0.2, 0.25) is 0 Å². The van der Waals surface area contributed by atoms with Crippen molar-refractivity contribution in [2.75, 3.05) is 19.7 Å². The minimum Gasteiger partial charge on any atom is -0.481 e. The molecular formula is C26H27F3N4O4S. The maximum atomic E-state index is 15.0. The number of amidine groups is 1. The van der Waals surface area contributed by atoms with Crippen LogP contribution in [0.4, 0.5) is 13.2 Å². The number of halogens is 3. The molecule has 2 fully saturated rings. The van der Waals surface area contributed by atoms with Crippen molar-refractivity contribution >= 4 is 29.1 Å². The Labute approximate surface area is 221 Å². The van der Waals surface area contributed by atoms with Gasteiger partial charge in [-0.1, -0.05) is 12.1 Å². The molecule has 3 aliphatic rings. The van der Waals surface area contributed by atoms with E-state index in [1.165, 1.54) is 28.4 Å². The number of carbonyl (C=O) groups excluding carboxylic acids is 1. The highest BCUT2D eigenvalue weighted by molar-refractivity contribution is 7.11. The van der Waals surface area contributed by atoms with Crippen molar-refractivity contribution in [3.05, 3.63) is 63.0 Å². The minimum absolute atomic E-state index is 0.0697. The molecule has 2 aromatic rings. The number of carbonyl (C=O) groups is 2. The second-order valence-corrected chi connectivity index (χ2v) is 10.7. The van der Waals surface area contributed by atoms with Gasteiger partial charge in [0.2, 0.25) is 0 Å². The molecule has 1 saturated carbocycles. The number of likely N-dealkylation sites (tertiary alicyclic amines) is 1. The molecule has 4 unspecified atom stereocenters. The smallest absolute Gasteiger partial charge is 0.338 e. The summed E-state index contributed by atoms with van der Waals surface area (Å²) < 4.78 is 50.0. The molecule has 202 valence electrons. The summed E-state index contributed by atoms with van der Waals surface area (Å²) in [6.45, 7) is 2.65. The molecular weight excluding hydrogens is 521 g/mol. The van der Waals surface area contributed by atoms with Crippen LogP contribution in [0.15, 0.2) is 46.0 Å². The third kappa shape index (κ3) is 4.71. The number of ether oxygens (including phenoxy) is 1. The van der Waals surface area contributed by atoms with Crippen LogP contribution >= 0.6 is 11.3 Å². The SMILES string of the molecule is CCOC(=O)C1=C(CN2CC(F)(F)C3CC(C(=O)O)CC32)NC(c2nccs2)=NC1c1cccc(F)c1C. The first-order chi connectivity index (χ1) is 18.1. The fourth-order valence-corrected chi connectivity index (χ4v) is 6.31. The average molecular weight is 549 g/mol. The zero-order valence-corrected chi connectivity index (χ0v) is 21.6. The van der Waals surface area contributed by atoms with Gasteiger partial charge in [0.1, 0.15) is 11.9 Å². The lowest BCUT2D eigenvalue weighted by Crippen LogP contribution is -2.42. The van der Waals surface area contributed by atoms with E-state index in [9.17, 15) is 19.1 Å². The van der Waals surface area contributed by atoms with Gasteiger partial charge in [0, 0.05) is 35.8 Å². The van der Waals surface area contributed by atoms with E-state index in [2.05, 4.69) is 10.3 Å². The number of benzene rings is 1. The van der Waals surface area contributed by atoms with Crippen molar-refractivity contribution in [1.29, 1.82) is 0 Å². The standard InChI is InChI=1S/C26H27F3N4O4S/c1-3-37-25(36)20-18(11-33-12-26(28,29)16-9-14(24(34)35)10-19(16)33)31-22(23-30-7-8-38-23)32-21(20)15-5-4-6-17(27)13(15)2/h4-8,14,16,19,21H,3,9-12H2,1-2H3,(H,31,32)(H,34,35). The van der Waals surface area contributed by atoms with Gasteiger partial charge in [-0.25, -0.2) is 22.9 Å². The first kappa shape index (κ1) is 26.4. The van der Waals surface area contributed by atoms with Crippen LogP contribution in [-0.2, 0) is 14.3 Å². The topological polar surface area (TPSA) is 104 Å². The second-order valence-electron chi connectivity index (χ2n) is 9.76. The number of carboxylic acid groups (broad SMARTS) is 1. The van der Waals surface area contributed by atoms with Crippen molar-refractivity contribution < 1.29 is 32.6 Å². The van der Waals surface area contributed by atoms with Gasteiger partial charge in [0.15, 0.2) is 10.8 Å². The van der Waals surface area contributed by atoms with Gasteiger partial charge in [-0.15, -0.1) is 11.3 Å². The molecule has 0 radical (unpaired) electrons. The third-order valence-electron chi connectivity index (χ3n) is 7.53. The van der Waals surface area contributed by atoms with Gasteiger partial charge in [0.05, 0.1) is 24.6 Å². The van der Waals surface area contributed by atoms with Gasteiger partial charge in [-0.05, 0) is 43.9 Å². The summed E-state index contributed by atoms with van der Waals surface area (Å²) in [5.41, 5.74) is 1.14. The Hall–Kier alpha value is -3.25. The Morgan fingerprint density at radius 1 is 1.32 bits per heavy atom. The lowest BCUT2D eigenvalue weighted by Gasteiger charge is -2.31. The van der Waals surface area contributed by atoms with E-state index in [4.69, 9.17) is 9.73 Å². The summed E-state index contributed by atoms with van der Waals surface area (Å²) in [5.74, 6) is -6.93. The van der Waals surface area contributed by atoms with Gasteiger partial charge < -0.3 is 15.2 Å². The molecule has 8 nitrogen and oxygen atoms in total. The average Bonchev–Trinajstić information content (AvgIpc) is 3.60. The number of alkyl halides is 2. The number of carboxylic acids is 1. The fourth-order valence-electron chi connectivity index (χ4n) is 5.72. The lowest BCUT2D eigenvalue weighted by atomic mass is 9.92. The Morgan fingerprint density at radius 3 is 2.79 bits per heavy atom. The van der Waals surface area contributed by atoms with E-state index < -0.39 is 54.1 Å². The number of aliphatic imine (C=N–C) groups is 1. The number of aromatic nitrogens is 1. The van der Waals surface area contributed by atoms with Crippen LogP contribution in [-0.4, -0.2) is 64.4 Å². The van der Waals surface area contributed by atoms with Crippen molar-refractivity contribution in [1.82, 2.24) is 15.2 Å². The number of rotatable bonds is 7. The third-order valence-corrected chi connectivity index (χ3v) is 8.31. The van der Waals surface area contributed by atoms with Gasteiger partial charge in [-0.3, -0.25) is 14.7 Å². The highest BCUT2D eigenvalue weighted by Gasteiger charge is 2.59. The number of esters is 1. The summed E-state index contributed by atoms with van der Waals surface area (Å²) in [7, 11) is 0. The molecule has 1 aliphatic carbocycles. The monoisotopic (exact) mass is 548 g/mol. The Morgan fingerprint density at radius 2 is 2.11 bits per heavy atom. The quantitative estimate of drug-likeness (QED) is 0.506. The maximum absolute atomic E-state index is 15.0. The van der Waals surface area contributed by atoms with E-state index in [0.29, 0.717) is 27.7 Å². The zero-order valence-electron chi connectivity index (χ0n) is 20.8. The summed E-state index contributed by atoms with van der Waals surface area (Å²) in [6.07, 6.45) is 1.59. The predicted molar refractivity (Wildman–Crippen MR) is 133 cm³/mol. The molecule has 38 heavy (non-hydrogen) atoms. The van der Waals surface area contributed by atoms with Crippen LogP contribution in [0, 0.1) is 24.6 Å². The van der Waals surface area contributed by atoms with Gasteiger partial charge >= 0.3 is 11.9 Å². The van der Waals surface area contributed by atoms with Crippen molar-refractivity contribution in [3.63, 3.8) is 0 Å². The molecule has 4 atom stereocenters. The number of nitrogens with one attached hydrogen (secondary N) is 1. The van der Waals surface area contributed by atoms with E-state index in [1.54, 1.807) is 31.5 Å². The van der Waals surface area contributed by atoms with Crippen molar-refractivity contribution in [3.8, 4) is 0 Å². The molecule has 1 saturated heterocycles. The summed E-state index contributed by atoms with van der Waals surface area (Å²) in [4.78, 5) is 35.5. The van der Waals surface area contributed by atoms with Gasteiger partial charge in [0.25, 0.3) is 5.92 Å². The molecule has 12 heteroatoms. The summed E-state index contributed by atoms with van der Waals surface area (Å²) in [6, 6.07) is 2.87. The molecule has 0 spiro atoms. The second kappa shape index (κ2) is 10.1. The minimum atomic E-state index is -3.07. The molecule has 1 aromatic carbocycles. The highest BCUT2D eigenvalue weighted by atomic mass is 32.1. The number of thiazole rings is 1. The number of hydrogen-bond acceptors (Lipinski definition) is 8. The Kier molecular flexibility index (Phi) is 7.03. The largest absolute Gasteiger partial charge is 0.481 e. The van der Waals surface area contributed by atoms with Crippen LogP contribution in [0.5, 0.6) is 0 Å². The van der Waals surface area contributed by atoms with Crippen molar-refractivity contribution in [2.45, 2.75) is 44.7 Å². The zero-order chi connectivity index (χ0) is 27.2. The molecule has 2 aliphatic heterocycles. The van der Waals surface area contributed by atoms with E-state index in [0.717, 1.165) is 0 Å². The predicted octanol–water partition coefficient (Wildman–Crippen LogP) is 3.93. The Balaban J connectivity index is 1.60. The number of fused-ring (bicyclic) bond motifs is 1. The van der Waals surface area contributed by atoms with E-state index in [-0.39, 0.29) is 31.6 Å².